The maximum atomic E-state index is 12.4. The number of H-pyrrole nitrogens is 1. The van der Waals surface area contributed by atoms with Gasteiger partial charge in [-0.2, -0.15) is 5.10 Å². The third-order valence-electron chi connectivity index (χ3n) is 3.18. The van der Waals surface area contributed by atoms with E-state index in [9.17, 15) is 4.79 Å². The predicted octanol–water partition coefficient (Wildman–Crippen LogP) is 2.55. The number of thiazole rings is 1. The lowest BCUT2D eigenvalue weighted by Crippen LogP contribution is -2.30. The van der Waals surface area contributed by atoms with E-state index < -0.39 is 0 Å². The van der Waals surface area contributed by atoms with E-state index in [-0.39, 0.29) is 28.5 Å². The fraction of sp³-hybridized carbons (Fsp3) is 0.417. The molecule has 2 aromatic rings. The van der Waals surface area contributed by atoms with Crippen molar-refractivity contribution in [1.82, 2.24) is 20.1 Å². The zero-order valence-electron chi connectivity index (χ0n) is 11.7. The number of nitrogens with two attached hydrogens (primary N) is 1. The average molecular weight is 314 g/mol. The van der Waals surface area contributed by atoms with Gasteiger partial charge in [-0.1, -0.05) is 11.6 Å². The molecule has 1 amide bonds. The first-order chi connectivity index (χ1) is 9.32. The van der Waals surface area contributed by atoms with Gasteiger partial charge in [-0.3, -0.25) is 9.89 Å². The minimum Gasteiger partial charge on any atom is -0.381 e. The fourth-order valence-electron chi connectivity index (χ4n) is 1.95. The number of aryl methyl sites for hydroxylation is 2. The number of nitrogens with one attached hydrogen (secondary N) is 1. The van der Waals surface area contributed by atoms with Crippen molar-refractivity contribution in [2.24, 2.45) is 0 Å². The highest BCUT2D eigenvalue weighted by molar-refractivity contribution is 7.11. The summed E-state index contributed by atoms with van der Waals surface area (Å²) >= 11 is 7.57. The van der Waals surface area contributed by atoms with Crippen molar-refractivity contribution in [3.05, 3.63) is 26.3 Å². The Bertz CT molecular complexity index is 650. The minimum absolute atomic E-state index is 0.122. The van der Waals surface area contributed by atoms with Gasteiger partial charge in [-0.15, -0.1) is 11.3 Å². The van der Waals surface area contributed by atoms with Crippen molar-refractivity contribution < 1.29 is 4.79 Å². The largest absolute Gasteiger partial charge is 0.381 e. The molecule has 0 saturated carbocycles. The summed E-state index contributed by atoms with van der Waals surface area (Å²) in [5.41, 5.74) is 6.63. The fourth-order valence-corrected chi connectivity index (χ4v) is 3.03. The van der Waals surface area contributed by atoms with E-state index in [2.05, 4.69) is 15.2 Å². The number of nitrogens with zero attached hydrogens (tertiary/aromatic N) is 3. The first-order valence-corrected chi connectivity index (χ1v) is 7.22. The number of hydrogen-bond donors (Lipinski definition) is 2. The number of aromatic amines is 1. The van der Waals surface area contributed by atoms with E-state index in [1.165, 1.54) is 0 Å². The molecule has 3 N–H and O–H groups in total. The molecule has 1 atom stereocenters. The molecule has 0 radical (unpaired) electrons. The Balaban J connectivity index is 2.27. The molecule has 0 aliphatic heterocycles. The molecule has 0 aliphatic carbocycles. The van der Waals surface area contributed by atoms with Gasteiger partial charge in [0.25, 0.3) is 5.91 Å². The molecule has 0 spiro atoms. The summed E-state index contributed by atoms with van der Waals surface area (Å²) in [4.78, 5) is 19.5. The molecule has 0 aliphatic rings. The lowest BCUT2D eigenvalue weighted by atomic mass is 10.2. The van der Waals surface area contributed by atoms with Gasteiger partial charge < -0.3 is 10.6 Å². The predicted molar refractivity (Wildman–Crippen MR) is 80.1 cm³/mol. The Morgan fingerprint density at radius 3 is 2.60 bits per heavy atom. The zero-order chi connectivity index (χ0) is 15.0. The summed E-state index contributed by atoms with van der Waals surface area (Å²) < 4.78 is 0. The molecule has 0 unspecified atom stereocenters. The van der Waals surface area contributed by atoms with Gasteiger partial charge in [0.2, 0.25) is 0 Å². The normalized spacial score (nSPS) is 12.4. The van der Waals surface area contributed by atoms with Crippen LogP contribution in [0.15, 0.2) is 0 Å². The third kappa shape index (κ3) is 2.51. The molecular formula is C12H16ClN5OS. The van der Waals surface area contributed by atoms with E-state index in [0.29, 0.717) is 0 Å². The summed E-state index contributed by atoms with van der Waals surface area (Å²) in [5, 5.41) is 7.43. The zero-order valence-corrected chi connectivity index (χ0v) is 13.3. The molecule has 2 aromatic heterocycles. The number of nitrogen functional groups attached to an aromatic ring is 1. The first kappa shape index (κ1) is 14.8. The Kier molecular flexibility index (Phi) is 4.01. The Morgan fingerprint density at radius 1 is 1.50 bits per heavy atom. The average Bonchev–Trinajstić information content (AvgIpc) is 2.90. The van der Waals surface area contributed by atoms with Gasteiger partial charge >= 0.3 is 0 Å². The molecule has 8 heteroatoms. The van der Waals surface area contributed by atoms with Crippen LogP contribution in [0, 0.1) is 13.8 Å². The van der Waals surface area contributed by atoms with Gasteiger partial charge in [0.05, 0.1) is 16.7 Å². The van der Waals surface area contributed by atoms with Crippen molar-refractivity contribution >= 4 is 34.7 Å². The third-order valence-corrected chi connectivity index (χ3v) is 4.47. The Labute approximate surface area is 125 Å². The van der Waals surface area contributed by atoms with Gasteiger partial charge in [0.15, 0.2) is 5.82 Å². The highest BCUT2D eigenvalue weighted by Gasteiger charge is 2.26. The monoisotopic (exact) mass is 313 g/mol. The van der Waals surface area contributed by atoms with Crippen LogP contribution < -0.4 is 5.73 Å². The number of hydrogen-bond acceptors (Lipinski definition) is 5. The van der Waals surface area contributed by atoms with Crippen molar-refractivity contribution in [2.75, 3.05) is 12.8 Å². The van der Waals surface area contributed by atoms with Crippen LogP contribution in [-0.2, 0) is 0 Å². The van der Waals surface area contributed by atoms with Crippen molar-refractivity contribution in [1.29, 1.82) is 0 Å². The van der Waals surface area contributed by atoms with E-state index >= 15 is 0 Å². The van der Waals surface area contributed by atoms with Crippen LogP contribution in [0.25, 0.3) is 0 Å². The highest BCUT2D eigenvalue weighted by atomic mass is 35.5. The minimum atomic E-state index is -0.267. The molecule has 0 fully saturated rings. The lowest BCUT2D eigenvalue weighted by molar-refractivity contribution is 0.0734. The number of halogens is 1. The second kappa shape index (κ2) is 5.41. The molecule has 0 bridgehead atoms. The second-order valence-electron chi connectivity index (χ2n) is 4.56. The van der Waals surface area contributed by atoms with Crippen LogP contribution in [0.1, 0.15) is 39.0 Å². The van der Waals surface area contributed by atoms with Crippen LogP contribution in [-0.4, -0.2) is 33.0 Å². The van der Waals surface area contributed by atoms with Crippen LogP contribution >= 0.6 is 22.9 Å². The summed E-state index contributed by atoms with van der Waals surface area (Å²) in [7, 11) is 1.70. The molecule has 0 aromatic carbocycles. The smallest absolute Gasteiger partial charge is 0.273 e. The van der Waals surface area contributed by atoms with Crippen LogP contribution in [0.2, 0.25) is 5.02 Å². The second-order valence-corrected chi connectivity index (χ2v) is 6.35. The maximum Gasteiger partial charge on any atom is 0.273 e. The van der Waals surface area contributed by atoms with E-state index in [0.717, 1.165) is 15.6 Å². The van der Waals surface area contributed by atoms with Crippen molar-refractivity contribution in [2.45, 2.75) is 26.8 Å². The number of rotatable bonds is 3. The molecule has 6 nitrogen and oxygen atoms in total. The standard InChI is InChI=1S/C12H16ClN5OS/c1-5(9-6(2)20-7(3)15-9)18(4)12(19)10-8(13)11(14)17-16-10/h5H,1-4H3,(H3,14,16,17)/t5-/m0/s1. The Morgan fingerprint density at radius 2 is 2.15 bits per heavy atom. The van der Waals surface area contributed by atoms with E-state index in [1.54, 1.807) is 23.3 Å². The number of anilines is 1. The van der Waals surface area contributed by atoms with Crippen molar-refractivity contribution in [3.63, 3.8) is 0 Å². The van der Waals surface area contributed by atoms with E-state index in [1.807, 2.05) is 20.8 Å². The highest BCUT2D eigenvalue weighted by Crippen LogP contribution is 2.28. The number of amides is 1. The Hall–Kier alpha value is -1.60. The van der Waals surface area contributed by atoms with Gasteiger partial charge in [-0.05, 0) is 20.8 Å². The maximum absolute atomic E-state index is 12.4. The van der Waals surface area contributed by atoms with Gasteiger partial charge in [0.1, 0.15) is 10.7 Å². The number of carbonyl (C=O) groups is 1. The van der Waals surface area contributed by atoms with Gasteiger partial charge in [0, 0.05) is 11.9 Å². The number of aromatic nitrogens is 3. The van der Waals surface area contributed by atoms with Crippen LogP contribution in [0.3, 0.4) is 0 Å². The number of carbonyl (C=O) groups excluding carboxylic acids is 1. The quantitative estimate of drug-likeness (QED) is 0.911. The summed E-state index contributed by atoms with van der Waals surface area (Å²) in [6, 6.07) is -0.159. The van der Waals surface area contributed by atoms with Crippen molar-refractivity contribution in [3.8, 4) is 0 Å². The molecular weight excluding hydrogens is 298 g/mol. The topological polar surface area (TPSA) is 87.9 Å². The van der Waals surface area contributed by atoms with Gasteiger partial charge in [-0.25, -0.2) is 4.98 Å². The summed E-state index contributed by atoms with van der Waals surface area (Å²) in [5.74, 6) is -0.145. The molecule has 2 rings (SSSR count). The lowest BCUT2D eigenvalue weighted by Gasteiger charge is -2.23. The first-order valence-electron chi connectivity index (χ1n) is 6.03. The van der Waals surface area contributed by atoms with E-state index in [4.69, 9.17) is 17.3 Å². The molecule has 108 valence electrons. The van der Waals surface area contributed by atoms with Crippen LogP contribution in [0.4, 0.5) is 5.82 Å². The molecule has 20 heavy (non-hydrogen) atoms. The van der Waals surface area contributed by atoms with Crippen LogP contribution in [0.5, 0.6) is 0 Å². The summed E-state index contributed by atoms with van der Waals surface area (Å²) in [6.07, 6.45) is 0. The SMILES string of the molecule is Cc1nc([C@H](C)N(C)C(=O)c2[nH]nc(N)c2Cl)c(C)s1. The summed E-state index contributed by atoms with van der Waals surface area (Å²) in [6.45, 7) is 5.87. The molecule has 2 heterocycles. The molecule has 0 saturated heterocycles.